The van der Waals surface area contributed by atoms with Gasteiger partial charge in [-0.3, -0.25) is 9.59 Å². The van der Waals surface area contributed by atoms with Crippen LogP contribution in [0.5, 0.6) is 0 Å². The Morgan fingerprint density at radius 3 is 2.91 bits per heavy atom. The van der Waals surface area contributed by atoms with E-state index in [0.29, 0.717) is 12.4 Å². The molecule has 0 saturated carbocycles. The molecule has 126 valence electrons. The summed E-state index contributed by atoms with van der Waals surface area (Å²) in [5, 5.41) is 2.98. The molecule has 3 heterocycles. The van der Waals surface area contributed by atoms with Gasteiger partial charge < -0.3 is 19.4 Å². The zero-order chi connectivity index (χ0) is 16.2. The highest BCUT2D eigenvalue weighted by Gasteiger charge is 2.37. The van der Waals surface area contributed by atoms with Crippen molar-refractivity contribution in [2.75, 3.05) is 13.2 Å². The van der Waals surface area contributed by atoms with Crippen molar-refractivity contribution in [3.63, 3.8) is 0 Å². The van der Waals surface area contributed by atoms with Crippen molar-refractivity contribution in [1.82, 2.24) is 10.2 Å². The molecule has 3 rings (SSSR count). The minimum absolute atomic E-state index is 0.0113. The Labute approximate surface area is 136 Å². The number of carbonyl (C=O) groups excluding carboxylic acids is 2. The number of nitrogens with zero attached hydrogens (tertiary/aromatic N) is 1. The van der Waals surface area contributed by atoms with Gasteiger partial charge in [-0.15, -0.1) is 0 Å². The minimum Gasteiger partial charge on any atom is -0.459 e. The van der Waals surface area contributed by atoms with E-state index in [2.05, 4.69) is 5.32 Å². The maximum atomic E-state index is 12.7. The van der Waals surface area contributed by atoms with Gasteiger partial charge in [0.15, 0.2) is 5.76 Å². The first-order chi connectivity index (χ1) is 11.1. The number of carbonyl (C=O) groups is 2. The number of furan rings is 1. The highest BCUT2D eigenvalue weighted by Crippen LogP contribution is 2.28. The largest absolute Gasteiger partial charge is 0.459 e. The average Bonchev–Trinajstić information content (AvgIpc) is 3.08. The second-order valence-corrected chi connectivity index (χ2v) is 6.37. The summed E-state index contributed by atoms with van der Waals surface area (Å²) in [5.41, 5.74) is 0. The molecule has 0 spiro atoms. The van der Waals surface area contributed by atoms with E-state index in [1.165, 1.54) is 13.2 Å². The zero-order valence-electron chi connectivity index (χ0n) is 13.5. The Kier molecular flexibility index (Phi) is 5.00. The molecule has 0 radical (unpaired) electrons. The Hall–Kier alpha value is -1.82. The van der Waals surface area contributed by atoms with Crippen molar-refractivity contribution >= 4 is 11.8 Å². The van der Waals surface area contributed by atoms with Crippen molar-refractivity contribution in [3.05, 3.63) is 24.2 Å². The number of hydrogen-bond acceptors (Lipinski definition) is 4. The summed E-state index contributed by atoms with van der Waals surface area (Å²) in [7, 11) is 0. The van der Waals surface area contributed by atoms with Crippen molar-refractivity contribution in [2.45, 2.75) is 57.2 Å². The van der Waals surface area contributed by atoms with Crippen LogP contribution in [0.25, 0.3) is 0 Å². The summed E-state index contributed by atoms with van der Waals surface area (Å²) in [6.45, 7) is 2.89. The molecule has 3 unspecified atom stereocenters. The van der Waals surface area contributed by atoms with E-state index in [0.717, 1.165) is 38.6 Å². The van der Waals surface area contributed by atoms with Gasteiger partial charge in [-0.05, 0) is 44.2 Å². The van der Waals surface area contributed by atoms with Crippen LogP contribution in [0.15, 0.2) is 22.8 Å². The first-order valence-electron chi connectivity index (χ1n) is 8.38. The SMILES string of the molecule is CC(=O)NC1CCOC(C2CCCCN2C(=O)c2ccco2)C1. The summed E-state index contributed by atoms with van der Waals surface area (Å²) in [5.74, 6) is 0.305. The third-order valence-corrected chi connectivity index (χ3v) is 4.69. The van der Waals surface area contributed by atoms with Gasteiger partial charge in [-0.2, -0.15) is 0 Å². The van der Waals surface area contributed by atoms with Gasteiger partial charge >= 0.3 is 0 Å². The molecule has 6 nitrogen and oxygen atoms in total. The maximum absolute atomic E-state index is 12.7. The molecule has 1 aromatic rings. The van der Waals surface area contributed by atoms with Crippen LogP contribution in [0.4, 0.5) is 0 Å². The first kappa shape index (κ1) is 16.1. The molecule has 2 amide bonds. The molecule has 2 aliphatic heterocycles. The van der Waals surface area contributed by atoms with Gasteiger partial charge in [0.2, 0.25) is 5.91 Å². The predicted octanol–water partition coefficient (Wildman–Crippen LogP) is 1.96. The van der Waals surface area contributed by atoms with Crippen LogP contribution in [-0.2, 0) is 9.53 Å². The quantitative estimate of drug-likeness (QED) is 0.924. The lowest BCUT2D eigenvalue weighted by Gasteiger charge is -2.42. The van der Waals surface area contributed by atoms with Crippen LogP contribution in [0.3, 0.4) is 0 Å². The van der Waals surface area contributed by atoms with Gasteiger partial charge in [0.25, 0.3) is 5.91 Å². The molecule has 2 saturated heterocycles. The number of hydrogen-bond donors (Lipinski definition) is 1. The predicted molar refractivity (Wildman–Crippen MR) is 84.0 cm³/mol. The van der Waals surface area contributed by atoms with E-state index in [1.54, 1.807) is 12.1 Å². The highest BCUT2D eigenvalue weighted by molar-refractivity contribution is 5.91. The molecular formula is C17H24N2O4. The Morgan fingerprint density at radius 1 is 1.30 bits per heavy atom. The number of nitrogens with one attached hydrogen (secondary N) is 1. The van der Waals surface area contributed by atoms with E-state index in [1.807, 2.05) is 4.90 Å². The lowest BCUT2D eigenvalue weighted by molar-refractivity contribution is -0.121. The lowest BCUT2D eigenvalue weighted by Crippen LogP contribution is -2.54. The molecule has 6 heteroatoms. The standard InChI is InChI=1S/C17H24N2O4/c1-12(20)18-13-7-10-23-16(11-13)14-5-2-3-8-19(14)17(21)15-6-4-9-22-15/h4,6,9,13-14,16H,2-3,5,7-8,10-11H2,1H3,(H,18,20). The lowest BCUT2D eigenvalue weighted by atomic mass is 9.90. The fourth-order valence-electron chi connectivity index (χ4n) is 3.65. The molecule has 1 aromatic heterocycles. The second-order valence-electron chi connectivity index (χ2n) is 6.37. The van der Waals surface area contributed by atoms with Crippen LogP contribution >= 0.6 is 0 Å². The van der Waals surface area contributed by atoms with Gasteiger partial charge in [-0.25, -0.2) is 0 Å². The fourth-order valence-corrected chi connectivity index (χ4v) is 3.65. The van der Waals surface area contributed by atoms with Gasteiger partial charge in [-0.1, -0.05) is 0 Å². The molecule has 3 atom stereocenters. The fraction of sp³-hybridized carbons (Fsp3) is 0.647. The van der Waals surface area contributed by atoms with Crippen LogP contribution < -0.4 is 5.32 Å². The molecule has 1 N–H and O–H groups in total. The number of piperidine rings is 1. The van der Waals surface area contributed by atoms with E-state index >= 15 is 0 Å². The van der Waals surface area contributed by atoms with Crippen LogP contribution in [0.1, 0.15) is 49.6 Å². The molecule has 23 heavy (non-hydrogen) atoms. The normalized spacial score (nSPS) is 28.4. The topological polar surface area (TPSA) is 71.8 Å². The van der Waals surface area contributed by atoms with Crippen LogP contribution in [-0.4, -0.2) is 48.1 Å². The summed E-state index contributed by atoms with van der Waals surface area (Å²) in [6.07, 6.45) is 6.11. The molecular weight excluding hydrogens is 296 g/mol. The summed E-state index contributed by atoms with van der Waals surface area (Å²) in [4.78, 5) is 25.9. The molecule has 2 aliphatic rings. The van der Waals surface area contributed by atoms with Gasteiger partial charge in [0.1, 0.15) is 0 Å². The second kappa shape index (κ2) is 7.17. The zero-order valence-corrected chi connectivity index (χ0v) is 13.5. The Balaban J connectivity index is 1.70. The van der Waals surface area contributed by atoms with Crippen molar-refractivity contribution in [2.24, 2.45) is 0 Å². The van der Waals surface area contributed by atoms with E-state index in [9.17, 15) is 9.59 Å². The van der Waals surface area contributed by atoms with Crippen molar-refractivity contribution < 1.29 is 18.7 Å². The molecule has 0 bridgehead atoms. The maximum Gasteiger partial charge on any atom is 0.289 e. The van der Waals surface area contributed by atoms with Crippen molar-refractivity contribution in [3.8, 4) is 0 Å². The van der Waals surface area contributed by atoms with Gasteiger partial charge in [0, 0.05) is 26.1 Å². The number of likely N-dealkylation sites (tertiary alicyclic amines) is 1. The average molecular weight is 320 g/mol. The molecule has 0 aliphatic carbocycles. The molecule has 2 fully saturated rings. The summed E-state index contributed by atoms with van der Waals surface area (Å²) < 4.78 is 11.2. The van der Waals surface area contributed by atoms with E-state index in [4.69, 9.17) is 9.15 Å². The summed E-state index contributed by atoms with van der Waals surface area (Å²) >= 11 is 0. The summed E-state index contributed by atoms with van der Waals surface area (Å²) in [6, 6.07) is 3.62. The van der Waals surface area contributed by atoms with Crippen molar-refractivity contribution in [1.29, 1.82) is 0 Å². The minimum atomic E-state index is -0.0649. The Morgan fingerprint density at radius 2 is 2.17 bits per heavy atom. The van der Waals surface area contributed by atoms with E-state index < -0.39 is 0 Å². The number of amides is 2. The Bertz CT molecular complexity index is 543. The third-order valence-electron chi connectivity index (χ3n) is 4.69. The molecule has 0 aromatic carbocycles. The smallest absolute Gasteiger partial charge is 0.289 e. The monoisotopic (exact) mass is 320 g/mol. The van der Waals surface area contributed by atoms with Crippen LogP contribution in [0, 0.1) is 0 Å². The third kappa shape index (κ3) is 3.75. The van der Waals surface area contributed by atoms with E-state index in [-0.39, 0.29) is 30.0 Å². The number of ether oxygens (including phenoxy) is 1. The first-order valence-corrected chi connectivity index (χ1v) is 8.38. The van der Waals surface area contributed by atoms with Gasteiger partial charge in [0.05, 0.1) is 18.4 Å². The number of rotatable bonds is 3. The van der Waals surface area contributed by atoms with Crippen LogP contribution in [0.2, 0.25) is 0 Å². The highest BCUT2D eigenvalue weighted by atomic mass is 16.5.